The van der Waals surface area contributed by atoms with Gasteiger partial charge in [-0.1, -0.05) is 9.05 Å². The van der Waals surface area contributed by atoms with Crippen LogP contribution >= 0.6 is 8.25 Å². The molecule has 0 aliphatic heterocycles. The zero-order chi connectivity index (χ0) is 16.0. The van der Waals surface area contributed by atoms with E-state index in [0.29, 0.717) is 0 Å². The van der Waals surface area contributed by atoms with Crippen LogP contribution in [0.4, 0.5) is 26.3 Å². The minimum Gasteiger partial charge on any atom is -0.321 e. The van der Waals surface area contributed by atoms with Crippen molar-refractivity contribution in [3.8, 4) is 0 Å². The highest BCUT2D eigenvalue weighted by atomic mass is 31.1. The standard InChI is InChI=1S/C6H5F6N2O5P/c7-5(8,9)3(15)13-1-18-20(17)19-2-14-4(16)6(10,11)12/h1-2H2,(H-,13,14,15,16)/p+1. The molecule has 0 spiro atoms. The molecule has 0 heterocycles. The molecule has 0 unspecified atom stereocenters. The summed E-state index contributed by atoms with van der Waals surface area (Å²) in [5.74, 6) is -4.74. The predicted octanol–water partition coefficient (Wildman–Crippen LogP) is 0.949. The van der Waals surface area contributed by atoms with Crippen molar-refractivity contribution in [1.82, 2.24) is 10.6 Å². The fourth-order valence-electron chi connectivity index (χ4n) is 0.539. The van der Waals surface area contributed by atoms with Crippen molar-refractivity contribution in [3.05, 3.63) is 0 Å². The number of alkyl halides is 6. The van der Waals surface area contributed by atoms with Gasteiger partial charge in [0.2, 0.25) is 0 Å². The van der Waals surface area contributed by atoms with Gasteiger partial charge < -0.3 is 10.6 Å². The Kier molecular flexibility index (Phi) is 6.82. The Morgan fingerprint density at radius 2 is 1.15 bits per heavy atom. The van der Waals surface area contributed by atoms with Crippen LogP contribution in [0.3, 0.4) is 0 Å². The molecule has 7 nitrogen and oxygen atoms in total. The van der Waals surface area contributed by atoms with Gasteiger partial charge in [0.05, 0.1) is 0 Å². The number of hydrogen-bond donors (Lipinski definition) is 2. The van der Waals surface area contributed by atoms with E-state index in [-0.39, 0.29) is 0 Å². The molecule has 0 radical (unpaired) electrons. The maximum atomic E-state index is 11.7. The van der Waals surface area contributed by atoms with Crippen molar-refractivity contribution in [2.24, 2.45) is 0 Å². The lowest BCUT2D eigenvalue weighted by Crippen LogP contribution is -2.38. The number of halogens is 6. The average molecular weight is 331 g/mol. The van der Waals surface area contributed by atoms with Crippen molar-refractivity contribution in [3.63, 3.8) is 0 Å². The lowest BCUT2D eigenvalue weighted by atomic mass is 10.6. The van der Waals surface area contributed by atoms with Crippen LogP contribution in [0, 0.1) is 0 Å². The zero-order valence-electron chi connectivity index (χ0n) is 9.17. The van der Waals surface area contributed by atoms with Crippen molar-refractivity contribution in [1.29, 1.82) is 0 Å². The molecular weight excluding hydrogens is 325 g/mol. The maximum absolute atomic E-state index is 11.7. The van der Waals surface area contributed by atoms with E-state index in [1.807, 2.05) is 0 Å². The van der Waals surface area contributed by atoms with E-state index in [1.54, 1.807) is 0 Å². The Morgan fingerprint density at radius 3 is 1.40 bits per heavy atom. The summed E-state index contributed by atoms with van der Waals surface area (Å²) in [6.45, 7) is -2.30. The van der Waals surface area contributed by atoms with Gasteiger partial charge in [-0.15, -0.1) is 0 Å². The number of hydrogen-bond acceptors (Lipinski definition) is 5. The summed E-state index contributed by atoms with van der Waals surface area (Å²) in [5.41, 5.74) is 0. The molecule has 116 valence electrons. The molecule has 0 aliphatic carbocycles. The Bertz CT molecular complexity index is 349. The van der Waals surface area contributed by atoms with Gasteiger partial charge >= 0.3 is 32.4 Å². The van der Waals surface area contributed by atoms with Gasteiger partial charge in [0.1, 0.15) is 0 Å². The van der Waals surface area contributed by atoms with E-state index in [4.69, 9.17) is 0 Å². The number of amides is 2. The van der Waals surface area contributed by atoms with Gasteiger partial charge in [0.15, 0.2) is 13.5 Å². The van der Waals surface area contributed by atoms with E-state index in [0.717, 1.165) is 10.6 Å². The normalized spacial score (nSPS) is 11.9. The third-order valence-electron chi connectivity index (χ3n) is 1.32. The highest BCUT2D eigenvalue weighted by molar-refractivity contribution is 7.33. The monoisotopic (exact) mass is 331 g/mol. The van der Waals surface area contributed by atoms with E-state index in [9.17, 15) is 40.5 Å². The molecule has 0 aromatic rings. The van der Waals surface area contributed by atoms with Crippen molar-refractivity contribution in [2.45, 2.75) is 12.4 Å². The van der Waals surface area contributed by atoms with Crippen LogP contribution in [-0.2, 0) is 23.2 Å². The molecule has 14 heteroatoms. The third kappa shape index (κ3) is 7.86. The first-order valence-corrected chi connectivity index (χ1v) is 5.47. The lowest BCUT2D eigenvalue weighted by molar-refractivity contribution is -0.174. The highest BCUT2D eigenvalue weighted by Crippen LogP contribution is 2.22. The van der Waals surface area contributed by atoms with Gasteiger partial charge in [0.25, 0.3) is 0 Å². The summed E-state index contributed by atoms with van der Waals surface area (Å²) >= 11 is 0. The smallest absolute Gasteiger partial charge is 0.321 e. The Labute approximate surface area is 107 Å². The fourth-order valence-corrected chi connectivity index (χ4v) is 0.953. The van der Waals surface area contributed by atoms with E-state index < -0.39 is 45.9 Å². The Morgan fingerprint density at radius 1 is 0.850 bits per heavy atom. The molecule has 0 rings (SSSR count). The lowest BCUT2D eigenvalue weighted by Gasteiger charge is -2.05. The summed E-state index contributed by atoms with van der Waals surface area (Å²) in [5, 5.41) is 2.32. The highest BCUT2D eigenvalue weighted by Gasteiger charge is 2.40. The molecule has 0 aromatic carbocycles. The molecule has 0 saturated carbocycles. The molecule has 0 bridgehead atoms. The zero-order valence-corrected chi connectivity index (χ0v) is 10.1. The second-order valence-corrected chi connectivity index (χ2v) is 3.74. The third-order valence-corrected chi connectivity index (χ3v) is 2.00. The summed E-state index contributed by atoms with van der Waals surface area (Å²) in [6, 6.07) is 0. The van der Waals surface area contributed by atoms with E-state index in [1.165, 1.54) is 0 Å². The molecule has 0 aliphatic rings. The van der Waals surface area contributed by atoms with Crippen LogP contribution in [0.1, 0.15) is 0 Å². The van der Waals surface area contributed by atoms with Crippen molar-refractivity contribution in [2.75, 3.05) is 13.5 Å². The van der Waals surface area contributed by atoms with Crippen LogP contribution in [0.15, 0.2) is 0 Å². The molecule has 0 fully saturated rings. The molecule has 2 N–H and O–H groups in total. The van der Waals surface area contributed by atoms with Crippen molar-refractivity contribution < 1.29 is 49.5 Å². The number of rotatable bonds is 6. The predicted molar refractivity (Wildman–Crippen MR) is 47.9 cm³/mol. The first kappa shape index (κ1) is 18.5. The number of carbonyl (C=O) groups excluding carboxylic acids is 2. The van der Waals surface area contributed by atoms with Crippen LogP contribution in [0.25, 0.3) is 0 Å². The van der Waals surface area contributed by atoms with Crippen LogP contribution in [-0.4, -0.2) is 37.6 Å². The Hall–Kier alpha value is -1.46. The minimum atomic E-state index is -5.17. The second-order valence-electron chi connectivity index (χ2n) is 2.78. The first-order chi connectivity index (χ1) is 8.94. The average Bonchev–Trinajstić information content (AvgIpc) is 2.26. The summed E-state index contributed by atoms with van der Waals surface area (Å²) in [6.07, 6.45) is -10.3. The van der Waals surface area contributed by atoms with Crippen LogP contribution in [0.5, 0.6) is 0 Å². The first-order valence-electron chi connectivity index (χ1n) is 4.37. The summed E-state index contributed by atoms with van der Waals surface area (Å²) in [7, 11) is -3.13. The molecule has 20 heavy (non-hydrogen) atoms. The molecule has 0 aromatic heterocycles. The fraction of sp³-hybridized carbons (Fsp3) is 0.667. The summed E-state index contributed by atoms with van der Waals surface area (Å²) in [4.78, 5) is 20.5. The van der Waals surface area contributed by atoms with Crippen LogP contribution in [0.2, 0.25) is 0 Å². The van der Waals surface area contributed by atoms with Crippen LogP contribution < -0.4 is 10.6 Å². The van der Waals surface area contributed by atoms with Gasteiger partial charge in [-0.3, -0.25) is 9.59 Å². The quantitative estimate of drug-likeness (QED) is 0.429. The second kappa shape index (κ2) is 7.36. The SMILES string of the molecule is O=C(NCO[P+](=O)OCNC(=O)C(F)(F)F)C(F)(F)F. The van der Waals surface area contributed by atoms with Gasteiger partial charge in [-0.05, 0) is 0 Å². The number of carbonyl (C=O) groups is 2. The van der Waals surface area contributed by atoms with E-state index in [2.05, 4.69) is 9.05 Å². The molecular formula is C6H6F6N2O5P+. The Balaban J connectivity index is 3.82. The minimum absolute atomic E-state index is 1.15. The molecule has 2 amide bonds. The molecule has 0 atom stereocenters. The largest absolute Gasteiger partial charge is 0.701 e. The van der Waals surface area contributed by atoms with Gasteiger partial charge in [0, 0.05) is 4.57 Å². The maximum Gasteiger partial charge on any atom is 0.701 e. The summed E-state index contributed by atoms with van der Waals surface area (Å²) < 4.78 is 88.6. The van der Waals surface area contributed by atoms with Gasteiger partial charge in [-0.2, -0.15) is 26.3 Å². The molecule has 0 saturated heterocycles. The van der Waals surface area contributed by atoms with Crippen molar-refractivity contribution >= 4 is 20.1 Å². The van der Waals surface area contributed by atoms with E-state index >= 15 is 0 Å². The topological polar surface area (TPSA) is 93.7 Å². The van der Waals surface area contributed by atoms with Gasteiger partial charge in [-0.25, -0.2) is 0 Å². The number of nitrogens with one attached hydrogen (secondary N) is 2.